The summed E-state index contributed by atoms with van der Waals surface area (Å²) in [5, 5.41) is 9.84. The summed E-state index contributed by atoms with van der Waals surface area (Å²) in [5.74, 6) is 0.210. The molecule has 1 aromatic heterocycles. The van der Waals surface area contributed by atoms with Crippen molar-refractivity contribution in [3.05, 3.63) is 42.2 Å². The molecule has 0 aliphatic heterocycles. The predicted molar refractivity (Wildman–Crippen MR) is 77.8 cm³/mol. The molecule has 102 valence electrons. The maximum Gasteiger partial charge on any atom is 0.137 e. The van der Waals surface area contributed by atoms with E-state index in [4.69, 9.17) is 4.74 Å². The van der Waals surface area contributed by atoms with Crippen molar-refractivity contribution in [2.24, 2.45) is 0 Å². The van der Waals surface area contributed by atoms with E-state index in [0.717, 1.165) is 22.0 Å². The number of hydrogen-bond donors (Lipinski definition) is 1. The molecule has 0 saturated carbocycles. The summed E-state index contributed by atoms with van der Waals surface area (Å²) in [6, 6.07) is 9.69. The Bertz CT molecular complexity index is 770. The van der Waals surface area contributed by atoms with E-state index in [1.165, 1.54) is 23.5 Å². The van der Waals surface area contributed by atoms with Crippen molar-refractivity contribution in [1.82, 2.24) is 4.98 Å². The first-order chi connectivity index (χ1) is 9.67. The Balaban J connectivity index is 2.08. The third-order valence-corrected chi connectivity index (χ3v) is 3.91. The highest BCUT2D eigenvalue weighted by atomic mass is 32.1. The molecular weight excluding hydrogens is 277 g/mol. The number of benzene rings is 2. The van der Waals surface area contributed by atoms with Crippen molar-refractivity contribution in [1.29, 1.82) is 0 Å². The van der Waals surface area contributed by atoms with Gasteiger partial charge in [0.25, 0.3) is 0 Å². The third-order valence-electron chi connectivity index (χ3n) is 2.85. The van der Waals surface area contributed by atoms with Gasteiger partial charge in [-0.3, -0.25) is 0 Å². The van der Waals surface area contributed by atoms with E-state index in [1.807, 2.05) is 25.1 Å². The molecule has 1 N–H and O–H groups in total. The molecule has 3 aromatic rings. The molecule has 5 heteroatoms. The van der Waals surface area contributed by atoms with Crippen LogP contribution in [0.15, 0.2) is 36.4 Å². The minimum atomic E-state index is -0.478. The molecule has 0 radical (unpaired) electrons. The molecule has 1 heterocycles. The number of hydrogen-bond acceptors (Lipinski definition) is 4. The topological polar surface area (TPSA) is 42.4 Å². The number of phenols is 1. The number of phenolic OH excluding ortho intramolecular Hbond substituents is 1. The lowest BCUT2D eigenvalue weighted by Gasteiger charge is -2.00. The average molecular weight is 289 g/mol. The largest absolute Gasteiger partial charge is 0.508 e. The summed E-state index contributed by atoms with van der Waals surface area (Å²) in [6.07, 6.45) is 0. The van der Waals surface area contributed by atoms with Gasteiger partial charge in [0.2, 0.25) is 0 Å². The van der Waals surface area contributed by atoms with Crippen LogP contribution in [0.1, 0.15) is 6.92 Å². The van der Waals surface area contributed by atoms with E-state index < -0.39 is 5.82 Å². The zero-order valence-corrected chi connectivity index (χ0v) is 11.6. The van der Waals surface area contributed by atoms with Crippen LogP contribution in [0.2, 0.25) is 0 Å². The quantitative estimate of drug-likeness (QED) is 0.785. The van der Waals surface area contributed by atoms with Gasteiger partial charge >= 0.3 is 0 Å². The van der Waals surface area contributed by atoms with Crippen molar-refractivity contribution in [2.45, 2.75) is 6.92 Å². The second-order valence-corrected chi connectivity index (χ2v) is 5.28. The fourth-order valence-corrected chi connectivity index (χ4v) is 2.98. The number of ether oxygens (including phenoxy) is 1. The predicted octanol–water partition coefficient (Wildman–Crippen LogP) is 4.21. The lowest BCUT2D eigenvalue weighted by molar-refractivity contribution is 0.341. The zero-order chi connectivity index (χ0) is 14.1. The zero-order valence-electron chi connectivity index (χ0n) is 10.8. The van der Waals surface area contributed by atoms with Gasteiger partial charge in [-0.25, -0.2) is 9.37 Å². The lowest BCUT2D eigenvalue weighted by atomic mass is 10.2. The van der Waals surface area contributed by atoms with Gasteiger partial charge in [0.1, 0.15) is 22.3 Å². The number of thiazole rings is 1. The normalized spacial score (nSPS) is 10.9. The summed E-state index contributed by atoms with van der Waals surface area (Å²) in [7, 11) is 0. The molecule has 0 saturated heterocycles. The maximum absolute atomic E-state index is 13.8. The van der Waals surface area contributed by atoms with Crippen LogP contribution in [0.4, 0.5) is 4.39 Å². The van der Waals surface area contributed by atoms with Crippen LogP contribution in [-0.2, 0) is 0 Å². The molecule has 0 fully saturated rings. The number of halogens is 1. The van der Waals surface area contributed by atoms with Gasteiger partial charge in [-0.05, 0) is 37.3 Å². The number of nitrogens with zero attached hydrogens (tertiary/aromatic N) is 1. The van der Waals surface area contributed by atoms with E-state index in [-0.39, 0.29) is 5.75 Å². The summed E-state index contributed by atoms with van der Waals surface area (Å²) >= 11 is 1.40. The van der Waals surface area contributed by atoms with E-state index in [0.29, 0.717) is 17.2 Å². The van der Waals surface area contributed by atoms with Gasteiger partial charge < -0.3 is 9.84 Å². The Morgan fingerprint density at radius 1 is 1.25 bits per heavy atom. The summed E-state index contributed by atoms with van der Waals surface area (Å²) in [4.78, 5) is 4.42. The van der Waals surface area contributed by atoms with E-state index in [9.17, 15) is 9.50 Å². The Morgan fingerprint density at radius 3 is 2.85 bits per heavy atom. The van der Waals surface area contributed by atoms with Gasteiger partial charge in [0.15, 0.2) is 0 Å². The molecule has 0 amide bonds. The molecule has 0 unspecified atom stereocenters. The molecule has 0 atom stereocenters. The van der Waals surface area contributed by atoms with Crippen molar-refractivity contribution in [2.75, 3.05) is 6.61 Å². The SMILES string of the molecule is CCOc1ccc2nc(-c3ccc(O)cc3F)sc2c1. The maximum atomic E-state index is 13.8. The smallest absolute Gasteiger partial charge is 0.137 e. The summed E-state index contributed by atoms with van der Waals surface area (Å²) in [6.45, 7) is 2.53. The monoisotopic (exact) mass is 289 g/mol. The first kappa shape index (κ1) is 12.9. The number of aromatic hydroxyl groups is 1. The highest BCUT2D eigenvalue weighted by Crippen LogP contribution is 2.34. The Labute approximate surface area is 119 Å². The standard InChI is InChI=1S/C15H12FNO2S/c1-2-19-10-4-6-13-14(8-10)20-15(17-13)11-5-3-9(18)7-12(11)16/h3-8,18H,2H2,1H3. The minimum Gasteiger partial charge on any atom is -0.508 e. The van der Waals surface area contributed by atoms with Crippen LogP contribution in [0.25, 0.3) is 20.8 Å². The van der Waals surface area contributed by atoms with Crippen LogP contribution < -0.4 is 4.74 Å². The van der Waals surface area contributed by atoms with Gasteiger partial charge in [0, 0.05) is 11.6 Å². The Hall–Kier alpha value is -2.14. The first-order valence-corrected chi connectivity index (χ1v) is 7.01. The number of fused-ring (bicyclic) bond motifs is 1. The van der Waals surface area contributed by atoms with Crippen LogP contribution in [0.3, 0.4) is 0 Å². The molecule has 0 bridgehead atoms. The molecule has 0 aliphatic rings. The third kappa shape index (κ3) is 2.32. The minimum absolute atomic E-state index is 0.0917. The fraction of sp³-hybridized carbons (Fsp3) is 0.133. The molecule has 20 heavy (non-hydrogen) atoms. The summed E-state index contributed by atoms with van der Waals surface area (Å²) in [5.41, 5.74) is 1.20. The van der Waals surface area contributed by atoms with E-state index in [1.54, 1.807) is 0 Å². The summed E-state index contributed by atoms with van der Waals surface area (Å²) < 4.78 is 20.2. The Morgan fingerprint density at radius 2 is 2.10 bits per heavy atom. The Kier molecular flexibility index (Phi) is 3.28. The lowest BCUT2D eigenvalue weighted by Crippen LogP contribution is -1.89. The second kappa shape index (κ2) is 5.09. The molecule has 0 aliphatic carbocycles. The van der Waals surface area contributed by atoms with Crippen LogP contribution in [-0.4, -0.2) is 16.7 Å². The van der Waals surface area contributed by atoms with Gasteiger partial charge in [-0.1, -0.05) is 0 Å². The highest BCUT2D eigenvalue weighted by molar-refractivity contribution is 7.21. The molecule has 3 rings (SSSR count). The van der Waals surface area contributed by atoms with Crippen molar-refractivity contribution < 1.29 is 14.2 Å². The van der Waals surface area contributed by atoms with Crippen molar-refractivity contribution in [3.8, 4) is 22.1 Å². The van der Waals surface area contributed by atoms with Gasteiger partial charge in [0.05, 0.1) is 16.8 Å². The van der Waals surface area contributed by atoms with Crippen molar-refractivity contribution >= 4 is 21.6 Å². The average Bonchev–Trinajstić information content (AvgIpc) is 2.81. The van der Waals surface area contributed by atoms with Gasteiger partial charge in [-0.15, -0.1) is 11.3 Å². The first-order valence-electron chi connectivity index (χ1n) is 6.19. The highest BCUT2D eigenvalue weighted by Gasteiger charge is 2.12. The number of aromatic nitrogens is 1. The fourth-order valence-electron chi connectivity index (χ4n) is 1.95. The second-order valence-electron chi connectivity index (χ2n) is 4.25. The van der Waals surface area contributed by atoms with Crippen LogP contribution in [0, 0.1) is 5.82 Å². The van der Waals surface area contributed by atoms with Crippen molar-refractivity contribution in [3.63, 3.8) is 0 Å². The molecule has 2 aromatic carbocycles. The van der Waals surface area contributed by atoms with Crippen LogP contribution >= 0.6 is 11.3 Å². The molecule has 3 nitrogen and oxygen atoms in total. The molecule has 0 spiro atoms. The van der Waals surface area contributed by atoms with Crippen LogP contribution in [0.5, 0.6) is 11.5 Å². The molecular formula is C15H12FNO2S. The van der Waals surface area contributed by atoms with Gasteiger partial charge in [-0.2, -0.15) is 0 Å². The number of rotatable bonds is 3. The van der Waals surface area contributed by atoms with E-state index >= 15 is 0 Å². The van der Waals surface area contributed by atoms with E-state index in [2.05, 4.69) is 4.98 Å².